The molecule has 18 heteroatoms. The lowest BCUT2D eigenvalue weighted by molar-refractivity contribution is -0.0244. The summed E-state index contributed by atoms with van der Waals surface area (Å²) in [5.41, 5.74) is 15.2. The molecule has 1 saturated heterocycles. The van der Waals surface area contributed by atoms with Gasteiger partial charge in [0.1, 0.15) is 12.0 Å². The molecule has 1 aromatic carbocycles. The van der Waals surface area contributed by atoms with Gasteiger partial charge in [-0.15, -0.1) is 0 Å². The zero-order chi connectivity index (χ0) is 26.8. The van der Waals surface area contributed by atoms with Crippen molar-refractivity contribution in [3.05, 3.63) is 83.0 Å². The van der Waals surface area contributed by atoms with Gasteiger partial charge < -0.3 is 9.26 Å². The van der Waals surface area contributed by atoms with Crippen LogP contribution in [0, 0.1) is 5.82 Å². The monoisotopic (exact) mass is 557 g/mol. The summed E-state index contributed by atoms with van der Waals surface area (Å²) in [7, 11) is -4.01. The van der Waals surface area contributed by atoms with Crippen LogP contribution < -0.4 is 20.9 Å². The molecule has 1 aliphatic rings. The molecule has 3 rings (SSSR count). The van der Waals surface area contributed by atoms with Crippen LogP contribution >= 0.6 is 19.3 Å². The molecule has 0 amide bonds. The van der Waals surface area contributed by atoms with Crippen LogP contribution in [-0.2, 0) is 13.8 Å². The maximum atomic E-state index is 13.7. The molecule has 2 aromatic rings. The van der Waals surface area contributed by atoms with E-state index < -0.39 is 49.8 Å². The Morgan fingerprint density at radius 1 is 1.27 bits per heavy atom. The number of rotatable bonds is 13. The van der Waals surface area contributed by atoms with Crippen LogP contribution in [0.3, 0.4) is 0 Å². The Labute approximate surface area is 213 Å². The van der Waals surface area contributed by atoms with Crippen LogP contribution in [0.4, 0.5) is 4.39 Å². The molecule has 1 aliphatic heterocycles. The molecule has 15 nitrogen and oxygen atoms in total. The van der Waals surface area contributed by atoms with E-state index in [1.807, 2.05) is 4.98 Å². The van der Waals surface area contributed by atoms with Crippen molar-refractivity contribution in [2.24, 2.45) is 10.2 Å². The van der Waals surface area contributed by atoms with E-state index in [4.69, 9.17) is 36.4 Å². The Kier molecular flexibility index (Phi) is 10.1. The van der Waals surface area contributed by atoms with E-state index in [0.717, 1.165) is 4.57 Å². The molecule has 1 unspecified atom stereocenters. The minimum Gasteiger partial charge on any atom is -0.413 e. The quantitative estimate of drug-likeness (QED) is 0.120. The average Bonchev–Trinajstić information content (AvgIpc) is 3.26. The summed E-state index contributed by atoms with van der Waals surface area (Å²) in [5, 5.41) is 10.2. The largest absolute Gasteiger partial charge is 0.458 e. The van der Waals surface area contributed by atoms with Gasteiger partial charge in [-0.05, 0) is 48.2 Å². The number of benzene rings is 1. The summed E-state index contributed by atoms with van der Waals surface area (Å²) in [6.07, 6.45) is -0.423. The Balaban J connectivity index is 1.73. The van der Waals surface area contributed by atoms with E-state index in [-0.39, 0.29) is 25.3 Å². The summed E-state index contributed by atoms with van der Waals surface area (Å²) < 4.78 is 45.0. The first kappa shape index (κ1) is 28.2. The Bertz CT molecular complexity index is 1340. The summed E-state index contributed by atoms with van der Waals surface area (Å²) >= 11 is 5.88. The molecule has 2 heterocycles. The number of nitrogens with zero attached hydrogens (tertiary/aromatic N) is 7. The van der Waals surface area contributed by atoms with E-state index >= 15 is 0 Å². The highest BCUT2D eigenvalue weighted by Crippen LogP contribution is 2.45. The maximum Gasteiger partial charge on any atom is 0.458 e. The molecule has 1 aromatic heterocycles. The van der Waals surface area contributed by atoms with Gasteiger partial charge in [-0.25, -0.2) is 14.4 Å². The second-order valence-corrected chi connectivity index (χ2v) is 9.88. The number of azide groups is 2. The van der Waals surface area contributed by atoms with E-state index in [9.17, 15) is 18.5 Å². The molecular weight excluding hydrogens is 536 g/mol. The summed E-state index contributed by atoms with van der Waals surface area (Å²) in [5.74, 6) is -1.00. The van der Waals surface area contributed by atoms with Crippen LogP contribution in [0.1, 0.15) is 25.5 Å². The van der Waals surface area contributed by atoms with Crippen molar-refractivity contribution in [2.75, 3.05) is 19.7 Å². The van der Waals surface area contributed by atoms with E-state index in [1.165, 1.54) is 24.3 Å². The number of nitrogens with one attached hydrogen (secondary N) is 2. The molecule has 37 heavy (non-hydrogen) atoms. The van der Waals surface area contributed by atoms with Gasteiger partial charge in [0.15, 0.2) is 0 Å². The Morgan fingerprint density at radius 2 is 2.03 bits per heavy atom. The highest BCUT2D eigenvalue weighted by molar-refractivity contribution is 7.52. The molecule has 0 bridgehead atoms. The normalized spacial score (nSPS) is 20.4. The average molecular weight is 558 g/mol. The molecule has 198 valence electrons. The molecule has 0 spiro atoms. The molecule has 2 N–H and O–H groups in total. The van der Waals surface area contributed by atoms with Crippen LogP contribution in [0.25, 0.3) is 20.9 Å². The van der Waals surface area contributed by atoms with Crippen LogP contribution in [0.15, 0.2) is 50.3 Å². The van der Waals surface area contributed by atoms with E-state index in [0.29, 0.717) is 24.1 Å². The summed E-state index contributed by atoms with van der Waals surface area (Å²) in [6.45, 7) is 0.0560. The predicted molar refractivity (Wildman–Crippen MR) is 130 cm³/mol. The first-order chi connectivity index (χ1) is 17.7. The van der Waals surface area contributed by atoms with E-state index in [1.54, 1.807) is 0 Å². The molecule has 0 radical (unpaired) electrons. The molecule has 0 aliphatic carbocycles. The third-order valence-corrected chi connectivity index (χ3v) is 6.94. The number of H-pyrrole nitrogens is 1. The number of aromatic nitrogens is 2. The van der Waals surface area contributed by atoms with Crippen molar-refractivity contribution in [1.29, 1.82) is 0 Å². The Hall–Kier alpha value is -3.35. The SMILES string of the molecule is [N-]=[N+]=NCCCCNP(=O)(OC[C@H]1O[C@@H](n2cc(F)c(=O)[nH]c2=O)C[C@@H]1N=[N+]=[N-])Oc1ccc(Cl)cc1. The number of halogens is 2. The molecule has 1 fully saturated rings. The van der Waals surface area contributed by atoms with Gasteiger partial charge in [-0.3, -0.25) is 18.9 Å². The standard InChI is InChI=1S/C19H22ClFN9O6P/c20-12-3-5-13(6-4-12)36-37(33,25-8-2-1-7-24-28-22)34-11-16-15(27-29-23)9-17(35-16)30-10-14(21)18(31)26-19(30)32/h3-6,10,15-17H,1-2,7-9,11H2,(H,25,33)(H,26,31,32)/t15-,16+,17+,37?/m0/s1. The zero-order valence-electron chi connectivity index (χ0n) is 19.1. The zero-order valence-corrected chi connectivity index (χ0v) is 20.8. The second-order valence-electron chi connectivity index (χ2n) is 7.69. The van der Waals surface area contributed by atoms with Gasteiger partial charge in [0, 0.05) is 34.4 Å². The van der Waals surface area contributed by atoms with Crippen molar-refractivity contribution in [3.63, 3.8) is 0 Å². The maximum absolute atomic E-state index is 13.7. The van der Waals surface area contributed by atoms with E-state index in [2.05, 4.69) is 25.1 Å². The minimum absolute atomic E-state index is 0.0430. The van der Waals surface area contributed by atoms with Crippen LogP contribution in [0.2, 0.25) is 5.02 Å². The smallest absolute Gasteiger partial charge is 0.413 e. The third kappa shape index (κ3) is 8.07. The number of unbranched alkanes of at least 4 members (excludes halogenated alkanes) is 1. The lowest BCUT2D eigenvalue weighted by Gasteiger charge is -2.23. The minimum atomic E-state index is -4.01. The fourth-order valence-electron chi connectivity index (χ4n) is 3.38. The second kappa shape index (κ2) is 13.3. The topological polar surface area (TPSA) is 209 Å². The van der Waals surface area contributed by atoms with Crippen molar-refractivity contribution in [1.82, 2.24) is 14.6 Å². The first-order valence-electron chi connectivity index (χ1n) is 10.9. The Morgan fingerprint density at radius 3 is 2.73 bits per heavy atom. The van der Waals surface area contributed by atoms with Crippen molar-refractivity contribution in [3.8, 4) is 5.75 Å². The van der Waals surface area contributed by atoms with Crippen molar-refractivity contribution in [2.45, 2.75) is 37.6 Å². The van der Waals surface area contributed by atoms with Gasteiger partial charge in [-0.1, -0.05) is 21.8 Å². The van der Waals surface area contributed by atoms with Crippen LogP contribution in [-0.4, -0.2) is 41.4 Å². The number of aromatic amines is 1. The lowest BCUT2D eigenvalue weighted by Crippen LogP contribution is -2.34. The fraction of sp³-hybridized carbons (Fsp3) is 0.474. The van der Waals surface area contributed by atoms with Crippen molar-refractivity contribution >= 4 is 19.3 Å². The summed E-state index contributed by atoms with van der Waals surface area (Å²) in [6, 6.07) is 5.17. The summed E-state index contributed by atoms with van der Waals surface area (Å²) in [4.78, 5) is 30.7. The predicted octanol–water partition coefficient (Wildman–Crippen LogP) is 4.18. The molecule has 4 atom stereocenters. The number of ether oxygens (including phenoxy) is 1. The number of hydrogen-bond donors (Lipinski definition) is 2. The lowest BCUT2D eigenvalue weighted by atomic mass is 10.1. The van der Waals surface area contributed by atoms with Gasteiger partial charge in [0.05, 0.1) is 24.9 Å². The highest BCUT2D eigenvalue weighted by atomic mass is 35.5. The van der Waals surface area contributed by atoms with Gasteiger partial charge in [0.25, 0.3) is 5.56 Å². The van der Waals surface area contributed by atoms with Crippen molar-refractivity contribution < 1.29 is 22.7 Å². The molecule has 0 saturated carbocycles. The van der Waals surface area contributed by atoms with Gasteiger partial charge in [0.2, 0.25) is 5.82 Å². The van der Waals surface area contributed by atoms with Crippen LogP contribution in [0.5, 0.6) is 5.75 Å². The van der Waals surface area contributed by atoms with Gasteiger partial charge >= 0.3 is 13.4 Å². The first-order valence-corrected chi connectivity index (χ1v) is 12.8. The fourth-order valence-corrected chi connectivity index (χ4v) is 4.89. The molecular formula is C19H22ClFN9O6P. The number of hydrogen-bond acceptors (Lipinski definition) is 8. The van der Waals surface area contributed by atoms with Gasteiger partial charge in [-0.2, -0.15) is 4.39 Å². The third-order valence-electron chi connectivity index (χ3n) is 5.14. The highest BCUT2D eigenvalue weighted by Gasteiger charge is 2.39.